The van der Waals surface area contributed by atoms with Gasteiger partial charge in [0.15, 0.2) is 5.13 Å². The molecule has 0 amide bonds. The molecule has 0 radical (unpaired) electrons. The monoisotopic (exact) mass is 267 g/mol. The van der Waals surface area contributed by atoms with Crippen molar-refractivity contribution in [2.45, 2.75) is 19.3 Å². The molecule has 90 valence electrons. The van der Waals surface area contributed by atoms with E-state index in [-0.39, 0.29) is 0 Å². The van der Waals surface area contributed by atoms with Gasteiger partial charge in [0.1, 0.15) is 0 Å². The van der Waals surface area contributed by atoms with Crippen molar-refractivity contribution < 1.29 is 0 Å². The minimum Gasteiger partial charge on any atom is -0.294 e. The number of benzene rings is 1. The van der Waals surface area contributed by atoms with Crippen molar-refractivity contribution in [3.05, 3.63) is 23.2 Å². The molecular weight excluding hydrogens is 254 g/mol. The van der Waals surface area contributed by atoms with Gasteiger partial charge in [-0.1, -0.05) is 29.4 Å². The molecule has 0 saturated carbocycles. The number of fused-ring (bicyclic) bond motifs is 1. The molecule has 1 aliphatic rings. The Labute approximate surface area is 109 Å². The lowest BCUT2D eigenvalue weighted by atomic mass is 10.2. The van der Waals surface area contributed by atoms with Crippen LogP contribution in [0, 0.1) is 0 Å². The third-order valence-corrected chi connectivity index (χ3v) is 4.14. The third-order valence-electron chi connectivity index (χ3n) is 2.96. The molecule has 0 atom stereocenters. The van der Waals surface area contributed by atoms with Gasteiger partial charge in [0.05, 0.1) is 10.2 Å². The standard InChI is InChI=1S/C12H14ClN3S/c13-9-4-5-11-10(8-9)14-12(17-11)15-16-6-2-1-3-7-16/h4-5,8H,1-3,6-7H2,(H,14,15). The van der Waals surface area contributed by atoms with Crippen LogP contribution >= 0.6 is 22.9 Å². The van der Waals surface area contributed by atoms with Gasteiger partial charge < -0.3 is 0 Å². The van der Waals surface area contributed by atoms with E-state index in [0.717, 1.165) is 28.8 Å². The molecule has 0 spiro atoms. The highest BCUT2D eigenvalue weighted by atomic mass is 35.5. The zero-order valence-corrected chi connectivity index (χ0v) is 11.0. The van der Waals surface area contributed by atoms with Crippen LogP contribution in [0.2, 0.25) is 5.02 Å². The molecule has 0 bridgehead atoms. The summed E-state index contributed by atoms with van der Waals surface area (Å²) in [4.78, 5) is 4.55. The first-order valence-corrected chi connectivity index (χ1v) is 7.08. The van der Waals surface area contributed by atoms with Crippen LogP contribution < -0.4 is 5.43 Å². The molecule has 1 aliphatic heterocycles. The van der Waals surface area contributed by atoms with Gasteiger partial charge in [0.25, 0.3) is 0 Å². The topological polar surface area (TPSA) is 28.2 Å². The van der Waals surface area contributed by atoms with Crippen LogP contribution in [-0.2, 0) is 0 Å². The number of halogens is 1. The number of rotatable bonds is 2. The number of nitrogens with one attached hydrogen (secondary N) is 1. The zero-order chi connectivity index (χ0) is 11.7. The van der Waals surface area contributed by atoms with E-state index in [1.54, 1.807) is 11.3 Å². The normalized spacial score (nSPS) is 17.5. The van der Waals surface area contributed by atoms with E-state index < -0.39 is 0 Å². The lowest BCUT2D eigenvalue weighted by molar-refractivity contribution is 0.273. The van der Waals surface area contributed by atoms with Gasteiger partial charge in [-0.3, -0.25) is 5.43 Å². The van der Waals surface area contributed by atoms with E-state index in [1.807, 2.05) is 18.2 Å². The first kappa shape index (κ1) is 11.3. The number of hydrogen-bond donors (Lipinski definition) is 1. The Hall–Kier alpha value is -0.840. The Morgan fingerprint density at radius 3 is 2.88 bits per heavy atom. The highest BCUT2D eigenvalue weighted by molar-refractivity contribution is 7.22. The summed E-state index contributed by atoms with van der Waals surface area (Å²) in [5.41, 5.74) is 4.36. The Morgan fingerprint density at radius 2 is 2.06 bits per heavy atom. The largest absolute Gasteiger partial charge is 0.294 e. The molecule has 1 aromatic heterocycles. The molecule has 2 aromatic rings. The van der Waals surface area contributed by atoms with Crippen molar-refractivity contribution >= 4 is 38.3 Å². The summed E-state index contributed by atoms with van der Waals surface area (Å²) >= 11 is 7.63. The minimum atomic E-state index is 0.743. The van der Waals surface area contributed by atoms with Gasteiger partial charge in [-0.25, -0.2) is 9.99 Å². The molecule has 3 rings (SSSR count). The van der Waals surface area contributed by atoms with E-state index in [9.17, 15) is 0 Å². The average Bonchev–Trinajstić information content (AvgIpc) is 2.71. The first-order valence-electron chi connectivity index (χ1n) is 5.89. The van der Waals surface area contributed by atoms with Crippen LogP contribution in [-0.4, -0.2) is 23.1 Å². The van der Waals surface area contributed by atoms with Gasteiger partial charge >= 0.3 is 0 Å². The van der Waals surface area contributed by atoms with Gasteiger partial charge in [0, 0.05) is 18.1 Å². The summed E-state index contributed by atoms with van der Waals surface area (Å²) < 4.78 is 1.17. The molecule has 2 heterocycles. The Balaban J connectivity index is 1.80. The summed E-state index contributed by atoms with van der Waals surface area (Å²) in [5, 5.41) is 3.96. The maximum atomic E-state index is 5.95. The average molecular weight is 268 g/mol. The van der Waals surface area contributed by atoms with Crippen molar-refractivity contribution in [3.63, 3.8) is 0 Å². The number of aromatic nitrogens is 1. The highest BCUT2D eigenvalue weighted by Crippen LogP contribution is 2.28. The van der Waals surface area contributed by atoms with Crippen molar-refractivity contribution in [3.8, 4) is 0 Å². The quantitative estimate of drug-likeness (QED) is 0.898. The van der Waals surface area contributed by atoms with Crippen molar-refractivity contribution in [2.75, 3.05) is 18.5 Å². The SMILES string of the molecule is Clc1ccc2sc(NN3CCCCC3)nc2c1. The van der Waals surface area contributed by atoms with Gasteiger partial charge in [-0.15, -0.1) is 0 Å². The molecule has 5 heteroatoms. The number of anilines is 1. The van der Waals surface area contributed by atoms with E-state index >= 15 is 0 Å². The van der Waals surface area contributed by atoms with Gasteiger partial charge in [-0.05, 0) is 31.0 Å². The number of hydrazine groups is 1. The summed E-state index contributed by atoms with van der Waals surface area (Å²) in [6.07, 6.45) is 3.88. The Bertz CT molecular complexity index is 519. The molecule has 1 aromatic carbocycles. The second kappa shape index (κ2) is 4.80. The molecule has 0 unspecified atom stereocenters. The second-order valence-corrected chi connectivity index (χ2v) is 5.76. The number of thiazole rings is 1. The van der Waals surface area contributed by atoms with Crippen LogP contribution in [0.4, 0.5) is 5.13 Å². The molecule has 3 nitrogen and oxygen atoms in total. The maximum Gasteiger partial charge on any atom is 0.198 e. The van der Waals surface area contributed by atoms with Crippen LogP contribution in [0.25, 0.3) is 10.2 Å². The van der Waals surface area contributed by atoms with E-state index in [1.165, 1.54) is 24.0 Å². The molecule has 1 N–H and O–H groups in total. The number of piperidine rings is 1. The van der Waals surface area contributed by atoms with Crippen molar-refractivity contribution in [2.24, 2.45) is 0 Å². The predicted molar refractivity (Wildman–Crippen MR) is 73.7 cm³/mol. The van der Waals surface area contributed by atoms with Gasteiger partial charge in [-0.2, -0.15) is 0 Å². The second-order valence-electron chi connectivity index (χ2n) is 4.29. The summed E-state index contributed by atoms with van der Waals surface area (Å²) in [6.45, 7) is 2.22. The molecule has 1 saturated heterocycles. The Morgan fingerprint density at radius 1 is 1.24 bits per heavy atom. The fourth-order valence-corrected chi connectivity index (χ4v) is 3.13. The van der Waals surface area contributed by atoms with Crippen LogP contribution in [0.15, 0.2) is 18.2 Å². The fourth-order valence-electron chi connectivity index (χ4n) is 2.09. The maximum absolute atomic E-state index is 5.95. The first-order chi connectivity index (χ1) is 8.31. The lowest BCUT2D eigenvalue weighted by Gasteiger charge is -2.26. The van der Waals surface area contributed by atoms with Crippen molar-refractivity contribution in [1.29, 1.82) is 0 Å². The predicted octanol–water partition coefficient (Wildman–Crippen LogP) is 3.76. The third kappa shape index (κ3) is 2.54. The molecule has 1 fully saturated rings. The lowest BCUT2D eigenvalue weighted by Crippen LogP contribution is -2.34. The van der Waals surface area contributed by atoms with Gasteiger partial charge in [0.2, 0.25) is 0 Å². The van der Waals surface area contributed by atoms with E-state index in [4.69, 9.17) is 11.6 Å². The number of hydrogen-bond acceptors (Lipinski definition) is 4. The summed E-state index contributed by atoms with van der Waals surface area (Å²) in [6, 6.07) is 5.85. The minimum absolute atomic E-state index is 0.743. The molecule has 17 heavy (non-hydrogen) atoms. The van der Waals surface area contributed by atoms with E-state index in [0.29, 0.717) is 0 Å². The smallest absolute Gasteiger partial charge is 0.198 e. The van der Waals surface area contributed by atoms with Crippen LogP contribution in [0.5, 0.6) is 0 Å². The summed E-state index contributed by atoms with van der Waals surface area (Å²) in [7, 11) is 0. The van der Waals surface area contributed by atoms with Crippen LogP contribution in [0.1, 0.15) is 19.3 Å². The highest BCUT2D eigenvalue weighted by Gasteiger charge is 2.12. The molecular formula is C12H14ClN3S. The molecule has 0 aliphatic carbocycles. The Kier molecular flexibility index (Phi) is 3.18. The summed E-state index contributed by atoms with van der Waals surface area (Å²) in [5.74, 6) is 0. The number of nitrogens with zero attached hydrogens (tertiary/aromatic N) is 2. The van der Waals surface area contributed by atoms with Crippen LogP contribution in [0.3, 0.4) is 0 Å². The zero-order valence-electron chi connectivity index (χ0n) is 9.45. The van der Waals surface area contributed by atoms with E-state index in [2.05, 4.69) is 15.4 Å². The fraction of sp³-hybridized carbons (Fsp3) is 0.417. The van der Waals surface area contributed by atoms with Crippen molar-refractivity contribution in [1.82, 2.24) is 9.99 Å².